The van der Waals surface area contributed by atoms with Crippen molar-refractivity contribution in [3.8, 4) is 6.07 Å². The van der Waals surface area contributed by atoms with Crippen LogP contribution in [0.15, 0.2) is 41.4 Å². The Labute approximate surface area is 105 Å². The first-order valence-corrected chi connectivity index (χ1v) is 5.95. The maximum absolute atomic E-state index is 9.17. The van der Waals surface area contributed by atoms with Crippen LogP contribution in [0, 0.1) is 11.3 Å². The third-order valence-electron chi connectivity index (χ3n) is 2.36. The molecule has 1 rings (SSSR count). The molecule has 0 aliphatic carbocycles. The van der Waals surface area contributed by atoms with Crippen LogP contribution in [0.25, 0.3) is 0 Å². The van der Waals surface area contributed by atoms with Gasteiger partial charge < -0.3 is 5.32 Å². The van der Waals surface area contributed by atoms with Crippen molar-refractivity contribution >= 4 is 21.6 Å². The molecule has 1 aromatic rings. The van der Waals surface area contributed by atoms with Crippen LogP contribution in [0.5, 0.6) is 0 Å². The van der Waals surface area contributed by atoms with E-state index in [0.29, 0.717) is 0 Å². The van der Waals surface area contributed by atoms with Gasteiger partial charge in [0.05, 0.1) is 6.07 Å². The number of hydrogen-bond acceptors (Lipinski definition) is 2. The lowest BCUT2D eigenvalue weighted by atomic mass is 9.97. The van der Waals surface area contributed by atoms with Crippen molar-refractivity contribution in [3.63, 3.8) is 0 Å². The van der Waals surface area contributed by atoms with Gasteiger partial charge in [-0.1, -0.05) is 22.0 Å². The highest BCUT2D eigenvalue weighted by Crippen LogP contribution is 2.21. The second-order valence-corrected chi connectivity index (χ2v) is 4.82. The zero-order valence-electron chi connectivity index (χ0n) is 9.33. The van der Waals surface area contributed by atoms with Gasteiger partial charge in [0, 0.05) is 10.2 Å². The van der Waals surface area contributed by atoms with Crippen molar-refractivity contribution in [1.82, 2.24) is 0 Å². The second kappa shape index (κ2) is 5.72. The minimum absolute atomic E-state index is 0.540. The Kier molecular flexibility index (Phi) is 4.57. The van der Waals surface area contributed by atoms with E-state index in [1.54, 1.807) is 0 Å². The minimum Gasteiger partial charge on any atom is -0.368 e. The smallest absolute Gasteiger partial charge is 0.122 e. The molecule has 0 amide bonds. The molecule has 0 aromatic heterocycles. The average molecular weight is 279 g/mol. The van der Waals surface area contributed by atoms with E-state index in [1.807, 2.05) is 37.3 Å². The zero-order chi connectivity index (χ0) is 12.0. The summed E-state index contributed by atoms with van der Waals surface area (Å²) in [4.78, 5) is 0. The van der Waals surface area contributed by atoms with E-state index in [9.17, 15) is 5.26 Å². The fourth-order valence-electron chi connectivity index (χ4n) is 1.39. The lowest BCUT2D eigenvalue weighted by Crippen LogP contribution is -2.32. The maximum atomic E-state index is 9.17. The van der Waals surface area contributed by atoms with Crippen molar-refractivity contribution in [3.05, 3.63) is 41.4 Å². The van der Waals surface area contributed by atoms with Gasteiger partial charge in [0.2, 0.25) is 0 Å². The monoisotopic (exact) mass is 278 g/mol. The first kappa shape index (κ1) is 12.8. The third kappa shape index (κ3) is 3.71. The van der Waals surface area contributed by atoms with Gasteiger partial charge in [0.15, 0.2) is 0 Å². The summed E-state index contributed by atoms with van der Waals surface area (Å²) in [6.07, 6.45) is 3.41. The molecular weight excluding hydrogens is 264 g/mol. The second-order valence-electron chi connectivity index (χ2n) is 3.90. The van der Waals surface area contributed by atoms with Crippen molar-refractivity contribution < 1.29 is 0 Å². The van der Waals surface area contributed by atoms with E-state index in [-0.39, 0.29) is 0 Å². The Morgan fingerprint density at radius 2 is 2.12 bits per heavy atom. The quantitative estimate of drug-likeness (QED) is 0.823. The molecule has 0 radical (unpaired) electrons. The number of nitrogens with zero attached hydrogens (tertiary/aromatic N) is 1. The molecule has 0 saturated carbocycles. The normalized spacial score (nSPS) is 13.6. The predicted octanol–water partition coefficient (Wildman–Crippen LogP) is 4.11. The fourth-order valence-corrected chi connectivity index (χ4v) is 1.65. The number of halogens is 1. The molecule has 84 valence electrons. The molecule has 3 heteroatoms. The molecule has 16 heavy (non-hydrogen) atoms. The Bertz CT molecular complexity index is 391. The molecule has 0 spiro atoms. The molecule has 0 aliphatic heterocycles. The highest BCUT2D eigenvalue weighted by atomic mass is 79.9. The SMILES string of the molecule is C=CCCC(C)(C#N)Nc1ccc(Br)cc1. The number of nitriles is 1. The van der Waals surface area contributed by atoms with Crippen LogP contribution in [0.1, 0.15) is 19.8 Å². The molecule has 2 nitrogen and oxygen atoms in total. The van der Waals surface area contributed by atoms with Gasteiger partial charge in [-0.15, -0.1) is 6.58 Å². The van der Waals surface area contributed by atoms with Crippen LogP contribution in [0.3, 0.4) is 0 Å². The molecule has 0 aliphatic rings. The summed E-state index contributed by atoms with van der Waals surface area (Å²) in [7, 11) is 0. The standard InChI is InChI=1S/C13H15BrN2/c1-3-4-9-13(2,10-15)16-12-7-5-11(14)6-8-12/h3,5-8,16H,1,4,9H2,2H3. The number of rotatable bonds is 5. The highest BCUT2D eigenvalue weighted by molar-refractivity contribution is 9.10. The van der Waals surface area contributed by atoms with E-state index in [2.05, 4.69) is 33.9 Å². The Morgan fingerprint density at radius 3 is 2.62 bits per heavy atom. The molecule has 1 unspecified atom stereocenters. The van der Waals surface area contributed by atoms with E-state index < -0.39 is 5.54 Å². The van der Waals surface area contributed by atoms with Gasteiger partial charge >= 0.3 is 0 Å². The Morgan fingerprint density at radius 1 is 1.50 bits per heavy atom. The molecule has 1 aromatic carbocycles. The summed E-state index contributed by atoms with van der Waals surface area (Å²) in [6.45, 7) is 5.57. The molecule has 0 heterocycles. The van der Waals surface area contributed by atoms with Gasteiger partial charge in [0.1, 0.15) is 5.54 Å². The van der Waals surface area contributed by atoms with Crippen LogP contribution < -0.4 is 5.32 Å². The van der Waals surface area contributed by atoms with Crippen LogP contribution in [0.4, 0.5) is 5.69 Å². The van der Waals surface area contributed by atoms with Crippen molar-refractivity contribution in [2.24, 2.45) is 0 Å². The van der Waals surface area contributed by atoms with Gasteiger partial charge in [0.25, 0.3) is 0 Å². The van der Waals surface area contributed by atoms with E-state index in [4.69, 9.17) is 0 Å². The number of hydrogen-bond donors (Lipinski definition) is 1. The maximum Gasteiger partial charge on any atom is 0.122 e. The lowest BCUT2D eigenvalue weighted by molar-refractivity contribution is 0.596. The van der Waals surface area contributed by atoms with Crippen LogP contribution in [-0.2, 0) is 0 Å². The molecule has 1 atom stereocenters. The molecule has 1 N–H and O–H groups in total. The van der Waals surface area contributed by atoms with Gasteiger partial charge in [-0.3, -0.25) is 0 Å². The zero-order valence-corrected chi connectivity index (χ0v) is 10.9. The van der Waals surface area contributed by atoms with E-state index >= 15 is 0 Å². The van der Waals surface area contributed by atoms with Gasteiger partial charge in [-0.2, -0.15) is 5.26 Å². The third-order valence-corrected chi connectivity index (χ3v) is 2.89. The minimum atomic E-state index is -0.540. The summed E-state index contributed by atoms with van der Waals surface area (Å²) in [6, 6.07) is 10.1. The lowest BCUT2D eigenvalue weighted by Gasteiger charge is -2.24. The molecular formula is C13H15BrN2. The summed E-state index contributed by atoms with van der Waals surface area (Å²) < 4.78 is 1.03. The first-order valence-electron chi connectivity index (χ1n) is 5.15. The summed E-state index contributed by atoms with van der Waals surface area (Å²) in [5.41, 5.74) is 0.415. The summed E-state index contributed by atoms with van der Waals surface area (Å²) in [5, 5.41) is 12.4. The van der Waals surface area contributed by atoms with Crippen molar-refractivity contribution in [2.75, 3.05) is 5.32 Å². The fraction of sp³-hybridized carbons (Fsp3) is 0.308. The Balaban J connectivity index is 2.73. The number of anilines is 1. The molecule has 0 bridgehead atoms. The molecule has 0 saturated heterocycles. The van der Waals surface area contributed by atoms with Crippen LogP contribution >= 0.6 is 15.9 Å². The Hall–Kier alpha value is -1.27. The first-order chi connectivity index (χ1) is 7.59. The topological polar surface area (TPSA) is 35.8 Å². The van der Waals surface area contributed by atoms with E-state index in [1.165, 1.54) is 0 Å². The summed E-state index contributed by atoms with van der Waals surface area (Å²) >= 11 is 3.38. The van der Waals surface area contributed by atoms with Crippen molar-refractivity contribution in [2.45, 2.75) is 25.3 Å². The van der Waals surface area contributed by atoms with Gasteiger partial charge in [-0.25, -0.2) is 0 Å². The largest absolute Gasteiger partial charge is 0.368 e. The van der Waals surface area contributed by atoms with Gasteiger partial charge in [-0.05, 0) is 44.0 Å². The number of allylic oxidation sites excluding steroid dienone is 1. The van der Waals surface area contributed by atoms with Crippen molar-refractivity contribution in [1.29, 1.82) is 5.26 Å². The number of benzene rings is 1. The van der Waals surface area contributed by atoms with Crippen LogP contribution in [0.2, 0.25) is 0 Å². The van der Waals surface area contributed by atoms with E-state index in [0.717, 1.165) is 23.0 Å². The summed E-state index contributed by atoms with van der Waals surface area (Å²) in [5.74, 6) is 0. The molecule has 0 fully saturated rings. The average Bonchev–Trinajstić information content (AvgIpc) is 2.30. The highest BCUT2D eigenvalue weighted by Gasteiger charge is 2.22. The van der Waals surface area contributed by atoms with Crippen LogP contribution in [-0.4, -0.2) is 5.54 Å². The predicted molar refractivity (Wildman–Crippen MR) is 71.2 cm³/mol. The number of nitrogens with one attached hydrogen (secondary N) is 1.